The quantitative estimate of drug-likeness (QED) is 0.899. The summed E-state index contributed by atoms with van der Waals surface area (Å²) in [7, 11) is 0. The van der Waals surface area contributed by atoms with Crippen LogP contribution < -0.4 is 5.56 Å². The van der Waals surface area contributed by atoms with Crippen molar-refractivity contribution in [3.8, 4) is 0 Å². The summed E-state index contributed by atoms with van der Waals surface area (Å²) in [6.07, 6.45) is 2.94. The normalized spacial score (nSPS) is 23.0. The third-order valence-corrected chi connectivity index (χ3v) is 4.66. The van der Waals surface area contributed by atoms with Gasteiger partial charge in [0.2, 0.25) is 0 Å². The minimum Gasteiger partial charge on any atom is -0.396 e. The number of piperidine rings is 1. The number of H-pyrrole nitrogens is 1. The Morgan fingerprint density at radius 1 is 1.36 bits per heavy atom. The molecule has 1 aliphatic heterocycles. The first kappa shape index (κ1) is 15.2. The smallest absolute Gasteiger partial charge is 0.258 e. The number of aromatic amines is 1. The van der Waals surface area contributed by atoms with Crippen LogP contribution in [0, 0.1) is 5.92 Å². The minimum absolute atomic E-state index is 0.0690. The molecular formula is C17H23N3O2. The number of aromatic nitrogens is 2. The number of para-hydroxylation sites is 1. The molecule has 118 valence electrons. The Balaban J connectivity index is 1.72. The minimum atomic E-state index is -0.0690. The first-order valence-electron chi connectivity index (χ1n) is 8.00. The molecule has 2 heterocycles. The van der Waals surface area contributed by atoms with Crippen LogP contribution in [0.2, 0.25) is 0 Å². The molecule has 0 bridgehead atoms. The summed E-state index contributed by atoms with van der Waals surface area (Å²) in [5.41, 5.74) is 0.682. The summed E-state index contributed by atoms with van der Waals surface area (Å²) in [4.78, 5) is 21.9. The lowest BCUT2D eigenvalue weighted by molar-refractivity contribution is 0.0834. The van der Waals surface area contributed by atoms with E-state index in [1.54, 1.807) is 6.07 Å². The number of hydrogen-bond acceptors (Lipinski definition) is 4. The van der Waals surface area contributed by atoms with Gasteiger partial charge in [0.1, 0.15) is 5.82 Å². The van der Waals surface area contributed by atoms with Gasteiger partial charge in [-0.2, -0.15) is 0 Å². The van der Waals surface area contributed by atoms with Crippen molar-refractivity contribution in [2.45, 2.75) is 32.2 Å². The molecule has 2 N–H and O–H groups in total. The Labute approximate surface area is 130 Å². The van der Waals surface area contributed by atoms with Gasteiger partial charge in [0.05, 0.1) is 10.9 Å². The van der Waals surface area contributed by atoms with Crippen LogP contribution in [0.25, 0.3) is 10.9 Å². The van der Waals surface area contributed by atoms with E-state index in [2.05, 4.69) is 21.8 Å². The Morgan fingerprint density at radius 3 is 3.00 bits per heavy atom. The molecule has 0 spiro atoms. The number of aliphatic hydroxyl groups is 1. The summed E-state index contributed by atoms with van der Waals surface area (Å²) in [5, 5.41) is 9.99. The van der Waals surface area contributed by atoms with Crippen molar-refractivity contribution in [2.24, 2.45) is 5.92 Å². The van der Waals surface area contributed by atoms with Crippen LogP contribution in [-0.2, 0) is 6.42 Å². The average Bonchev–Trinajstić information content (AvgIpc) is 2.54. The third kappa shape index (κ3) is 3.20. The molecule has 1 aromatic carbocycles. The molecule has 1 aromatic heterocycles. The Bertz CT molecular complexity index is 698. The molecule has 2 atom stereocenters. The maximum atomic E-state index is 12.1. The molecule has 2 unspecified atom stereocenters. The summed E-state index contributed by atoms with van der Waals surface area (Å²) in [6, 6.07) is 7.94. The molecule has 2 aromatic rings. The number of hydrogen-bond donors (Lipinski definition) is 2. The largest absolute Gasteiger partial charge is 0.396 e. The van der Waals surface area contributed by atoms with Gasteiger partial charge in [-0.1, -0.05) is 12.1 Å². The maximum Gasteiger partial charge on any atom is 0.258 e. The van der Waals surface area contributed by atoms with E-state index in [1.165, 1.54) is 0 Å². The highest BCUT2D eigenvalue weighted by Gasteiger charge is 2.24. The van der Waals surface area contributed by atoms with Gasteiger partial charge >= 0.3 is 0 Å². The molecule has 3 rings (SSSR count). The van der Waals surface area contributed by atoms with Gasteiger partial charge in [0, 0.05) is 32.2 Å². The summed E-state index contributed by atoms with van der Waals surface area (Å²) in [5.74, 6) is 1.11. The van der Waals surface area contributed by atoms with Crippen LogP contribution in [0.3, 0.4) is 0 Å². The predicted molar refractivity (Wildman–Crippen MR) is 86.9 cm³/mol. The zero-order chi connectivity index (χ0) is 15.5. The second-order valence-electron chi connectivity index (χ2n) is 6.25. The molecule has 5 heteroatoms. The molecule has 1 fully saturated rings. The summed E-state index contributed by atoms with van der Waals surface area (Å²) >= 11 is 0. The van der Waals surface area contributed by atoms with Crippen molar-refractivity contribution >= 4 is 10.9 Å². The lowest BCUT2D eigenvalue weighted by atomic mass is 9.94. The summed E-state index contributed by atoms with van der Waals surface area (Å²) in [6.45, 7) is 4.27. The zero-order valence-corrected chi connectivity index (χ0v) is 13.0. The second kappa shape index (κ2) is 6.58. The Kier molecular flexibility index (Phi) is 4.55. The van der Waals surface area contributed by atoms with Crippen molar-refractivity contribution < 1.29 is 5.11 Å². The fourth-order valence-electron chi connectivity index (χ4n) is 3.23. The van der Waals surface area contributed by atoms with E-state index in [0.29, 0.717) is 17.3 Å². The molecule has 0 saturated carbocycles. The van der Waals surface area contributed by atoms with Gasteiger partial charge in [-0.05, 0) is 37.8 Å². The van der Waals surface area contributed by atoms with E-state index < -0.39 is 0 Å². The van der Waals surface area contributed by atoms with Gasteiger partial charge in [-0.3, -0.25) is 9.69 Å². The van der Waals surface area contributed by atoms with E-state index in [1.807, 2.05) is 18.2 Å². The number of rotatable bonds is 4. The molecule has 1 saturated heterocycles. The lowest BCUT2D eigenvalue weighted by Gasteiger charge is -2.37. The van der Waals surface area contributed by atoms with Crippen molar-refractivity contribution in [3.05, 3.63) is 40.4 Å². The van der Waals surface area contributed by atoms with Gasteiger partial charge in [-0.15, -0.1) is 0 Å². The fraction of sp³-hybridized carbons (Fsp3) is 0.529. The highest BCUT2D eigenvalue weighted by molar-refractivity contribution is 5.77. The third-order valence-electron chi connectivity index (χ3n) is 4.66. The highest BCUT2D eigenvalue weighted by Crippen LogP contribution is 2.21. The molecule has 22 heavy (non-hydrogen) atoms. The van der Waals surface area contributed by atoms with Gasteiger partial charge in [0.15, 0.2) is 0 Å². The standard InChI is InChI=1S/C17H23N3O2/c1-12-6-7-13(11-21)10-20(12)9-8-16-18-15-5-3-2-4-14(15)17(22)19-16/h2-5,12-13,21H,6-11H2,1H3,(H,18,19,22). The van der Waals surface area contributed by atoms with Crippen LogP contribution in [0.1, 0.15) is 25.6 Å². The number of aliphatic hydroxyl groups excluding tert-OH is 1. The van der Waals surface area contributed by atoms with Crippen LogP contribution >= 0.6 is 0 Å². The summed E-state index contributed by atoms with van der Waals surface area (Å²) < 4.78 is 0. The van der Waals surface area contributed by atoms with E-state index >= 15 is 0 Å². The molecule has 0 amide bonds. The van der Waals surface area contributed by atoms with Gasteiger partial charge < -0.3 is 10.1 Å². The molecule has 1 aliphatic rings. The number of nitrogens with zero attached hydrogens (tertiary/aromatic N) is 2. The maximum absolute atomic E-state index is 12.1. The predicted octanol–water partition coefficient (Wildman–Crippen LogP) is 1.56. The van der Waals surface area contributed by atoms with Crippen molar-refractivity contribution in [1.82, 2.24) is 14.9 Å². The van der Waals surface area contributed by atoms with Crippen molar-refractivity contribution in [1.29, 1.82) is 0 Å². The number of benzene rings is 1. The zero-order valence-electron chi connectivity index (χ0n) is 13.0. The van der Waals surface area contributed by atoms with Crippen molar-refractivity contribution in [3.63, 3.8) is 0 Å². The van der Waals surface area contributed by atoms with Crippen LogP contribution in [0.15, 0.2) is 29.1 Å². The van der Waals surface area contributed by atoms with Crippen molar-refractivity contribution in [2.75, 3.05) is 19.7 Å². The van der Waals surface area contributed by atoms with E-state index in [4.69, 9.17) is 0 Å². The van der Waals surface area contributed by atoms with Gasteiger partial charge in [0.25, 0.3) is 5.56 Å². The fourth-order valence-corrected chi connectivity index (χ4v) is 3.23. The number of nitrogens with one attached hydrogen (secondary N) is 1. The van der Waals surface area contributed by atoms with Crippen LogP contribution in [0.5, 0.6) is 0 Å². The number of fused-ring (bicyclic) bond motifs is 1. The molecular weight excluding hydrogens is 278 g/mol. The first-order chi connectivity index (χ1) is 10.7. The number of likely N-dealkylation sites (tertiary alicyclic amines) is 1. The second-order valence-corrected chi connectivity index (χ2v) is 6.25. The monoisotopic (exact) mass is 301 g/mol. The van der Waals surface area contributed by atoms with Gasteiger partial charge in [-0.25, -0.2) is 4.98 Å². The SMILES string of the molecule is CC1CCC(CO)CN1CCc1nc2ccccc2c(=O)[nH]1. The molecule has 5 nitrogen and oxygen atoms in total. The average molecular weight is 301 g/mol. The Hall–Kier alpha value is -1.72. The lowest BCUT2D eigenvalue weighted by Crippen LogP contribution is -2.43. The van der Waals surface area contributed by atoms with Crippen LogP contribution in [0.4, 0.5) is 0 Å². The first-order valence-corrected chi connectivity index (χ1v) is 8.00. The van der Waals surface area contributed by atoms with E-state index in [0.717, 1.165) is 43.7 Å². The van der Waals surface area contributed by atoms with E-state index in [-0.39, 0.29) is 12.2 Å². The van der Waals surface area contributed by atoms with Crippen LogP contribution in [-0.4, -0.2) is 45.7 Å². The Morgan fingerprint density at radius 2 is 2.18 bits per heavy atom. The molecule has 0 radical (unpaired) electrons. The molecule has 0 aliphatic carbocycles. The highest BCUT2D eigenvalue weighted by atomic mass is 16.3. The topological polar surface area (TPSA) is 69.2 Å². The van der Waals surface area contributed by atoms with E-state index in [9.17, 15) is 9.90 Å².